The van der Waals surface area contributed by atoms with Gasteiger partial charge in [-0.15, -0.1) is 0 Å². The number of nitrogens with one attached hydrogen (secondary N) is 2. The first kappa shape index (κ1) is 28.0. The molecule has 2 heterocycles. The summed E-state index contributed by atoms with van der Waals surface area (Å²) in [5.41, 5.74) is 6.09. The van der Waals surface area contributed by atoms with Crippen LogP contribution < -0.4 is 24.4 Å². The van der Waals surface area contributed by atoms with E-state index in [1.807, 2.05) is 54.6 Å². The molecule has 6 aromatic rings. The third-order valence-electron chi connectivity index (χ3n) is 7.45. The third kappa shape index (κ3) is 5.30. The van der Waals surface area contributed by atoms with Crippen LogP contribution in [0, 0.1) is 0 Å². The Kier molecular flexibility index (Phi) is 7.28. The minimum atomic E-state index is -0.583. The van der Waals surface area contributed by atoms with Gasteiger partial charge in [0.25, 0.3) is 5.91 Å². The number of nitrogens with zero attached hydrogens (tertiary/aromatic N) is 1. The van der Waals surface area contributed by atoms with E-state index in [1.165, 1.54) is 13.3 Å². The molecule has 0 spiro atoms. The zero-order valence-electron chi connectivity index (χ0n) is 23.8. The first-order valence-corrected chi connectivity index (χ1v) is 14.3. The summed E-state index contributed by atoms with van der Waals surface area (Å²) in [7, 11) is 1.46. The topological polar surface area (TPSA) is 111 Å². The monoisotopic (exact) mass is 617 g/mol. The second-order valence-corrected chi connectivity index (χ2v) is 10.5. The molecule has 9 nitrogen and oxygen atoms in total. The Morgan fingerprint density at radius 3 is 2.58 bits per heavy atom. The number of ether oxygens (including phenoxy) is 4. The summed E-state index contributed by atoms with van der Waals surface area (Å²) in [6, 6.07) is 29.1. The van der Waals surface area contributed by atoms with Gasteiger partial charge in [0.15, 0.2) is 23.0 Å². The van der Waals surface area contributed by atoms with Gasteiger partial charge in [0.1, 0.15) is 5.69 Å². The smallest absolute Gasteiger partial charge is 0.343 e. The van der Waals surface area contributed by atoms with Gasteiger partial charge in [-0.1, -0.05) is 66.2 Å². The fourth-order valence-electron chi connectivity index (χ4n) is 5.30. The van der Waals surface area contributed by atoms with Crippen molar-refractivity contribution in [1.29, 1.82) is 0 Å². The van der Waals surface area contributed by atoms with Crippen molar-refractivity contribution in [2.75, 3.05) is 13.9 Å². The molecule has 0 unspecified atom stereocenters. The lowest BCUT2D eigenvalue weighted by Crippen LogP contribution is -2.19. The molecule has 0 saturated carbocycles. The highest BCUT2D eigenvalue weighted by molar-refractivity contribution is 6.34. The summed E-state index contributed by atoms with van der Waals surface area (Å²) >= 11 is 6.60. The summed E-state index contributed by atoms with van der Waals surface area (Å²) < 4.78 is 21.7. The molecule has 0 aliphatic carbocycles. The Hall–Kier alpha value is -5.80. The van der Waals surface area contributed by atoms with Gasteiger partial charge in [-0.05, 0) is 53.4 Å². The van der Waals surface area contributed by atoms with E-state index in [9.17, 15) is 9.59 Å². The predicted molar refractivity (Wildman–Crippen MR) is 172 cm³/mol. The number of esters is 1. The van der Waals surface area contributed by atoms with E-state index in [1.54, 1.807) is 42.5 Å². The largest absolute Gasteiger partial charge is 0.493 e. The molecular formula is C35H24ClN3O6. The number of aromatic nitrogens is 1. The summed E-state index contributed by atoms with van der Waals surface area (Å²) in [6.45, 7) is 0.104. The zero-order valence-corrected chi connectivity index (χ0v) is 24.6. The molecule has 0 bridgehead atoms. The maximum Gasteiger partial charge on any atom is 0.343 e. The molecule has 0 saturated heterocycles. The molecule has 0 atom stereocenters. The highest BCUT2D eigenvalue weighted by Crippen LogP contribution is 2.39. The Labute approximate surface area is 261 Å². The second kappa shape index (κ2) is 11.7. The number of amides is 1. The number of carbonyl (C=O) groups excluding carboxylic acids is 2. The first-order chi connectivity index (χ1) is 22.0. The fourth-order valence-corrected chi connectivity index (χ4v) is 5.53. The van der Waals surface area contributed by atoms with Crippen molar-refractivity contribution in [2.24, 2.45) is 5.10 Å². The number of fused-ring (bicyclic) bond motifs is 4. The SMILES string of the molecule is COc1cc(C=NNC(=O)c2[nH]c3c(ccc4ccccc43)c2-c2ccccc2Cl)ccc1OC(=O)c1ccc2c(c1)OCO2. The number of rotatable bonds is 7. The summed E-state index contributed by atoms with van der Waals surface area (Å²) in [4.78, 5) is 29.7. The van der Waals surface area contributed by atoms with Gasteiger partial charge in [0, 0.05) is 26.9 Å². The Bertz CT molecular complexity index is 2160. The van der Waals surface area contributed by atoms with Gasteiger partial charge >= 0.3 is 5.97 Å². The molecule has 1 aliphatic rings. The van der Waals surface area contributed by atoms with Crippen molar-refractivity contribution in [3.63, 3.8) is 0 Å². The average molecular weight is 618 g/mol. The standard InChI is InChI=1S/C35H24ClN3O6/c1-42-29-16-20(10-14-28(29)45-35(41)22-12-15-27-30(17-22)44-19-43-27)18-37-39-34(40)33-31(24-8-4-5-9-26(24)36)25-13-11-21-6-2-3-7-23(21)32(25)38-33/h2-18,38H,19H2,1H3,(H,39,40). The van der Waals surface area contributed by atoms with Crippen molar-refractivity contribution in [3.05, 3.63) is 119 Å². The normalized spacial score (nSPS) is 12.1. The van der Waals surface area contributed by atoms with Gasteiger partial charge in [-0.25, -0.2) is 10.2 Å². The summed E-state index contributed by atoms with van der Waals surface area (Å²) in [6.07, 6.45) is 1.47. The average Bonchev–Trinajstić information content (AvgIpc) is 3.70. The number of carbonyl (C=O) groups is 2. The summed E-state index contributed by atoms with van der Waals surface area (Å²) in [5.74, 6) is 0.546. The lowest BCUT2D eigenvalue weighted by atomic mass is 9.99. The van der Waals surface area contributed by atoms with E-state index in [0.29, 0.717) is 44.7 Å². The van der Waals surface area contributed by atoms with E-state index in [0.717, 1.165) is 27.2 Å². The number of benzene rings is 5. The third-order valence-corrected chi connectivity index (χ3v) is 7.78. The van der Waals surface area contributed by atoms with E-state index < -0.39 is 11.9 Å². The first-order valence-electron chi connectivity index (χ1n) is 13.9. The molecule has 1 aromatic heterocycles. The van der Waals surface area contributed by atoms with Crippen molar-refractivity contribution in [1.82, 2.24) is 10.4 Å². The predicted octanol–water partition coefficient (Wildman–Crippen LogP) is 7.36. The van der Waals surface area contributed by atoms with Crippen LogP contribution in [-0.4, -0.2) is 37.0 Å². The number of aromatic amines is 1. The van der Waals surface area contributed by atoms with Crippen molar-refractivity contribution in [2.45, 2.75) is 0 Å². The number of hydrogen-bond donors (Lipinski definition) is 2. The number of halogens is 1. The van der Waals surface area contributed by atoms with Crippen LogP contribution in [0.5, 0.6) is 23.0 Å². The van der Waals surface area contributed by atoms with Crippen molar-refractivity contribution in [3.8, 4) is 34.1 Å². The molecule has 10 heteroatoms. The molecule has 45 heavy (non-hydrogen) atoms. The minimum Gasteiger partial charge on any atom is -0.493 e. The van der Waals surface area contributed by atoms with Gasteiger partial charge in [-0.2, -0.15) is 5.10 Å². The molecule has 0 radical (unpaired) electrons. The maximum absolute atomic E-state index is 13.6. The van der Waals surface area contributed by atoms with Crippen LogP contribution in [0.2, 0.25) is 5.02 Å². The van der Waals surface area contributed by atoms with Gasteiger partial charge < -0.3 is 23.9 Å². The number of H-pyrrole nitrogens is 1. The Balaban J connectivity index is 1.13. The lowest BCUT2D eigenvalue weighted by molar-refractivity contribution is 0.0729. The van der Waals surface area contributed by atoms with Crippen molar-refractivity contribution < 1.29 is 28.5 Å². The van der Waals surface area contributed by atoms with E-state index in [-0.39, 0.29) is 12.5 Å². The van der Waals surface area contributed by atoms with Crippen LogP contribution in [0.25, 0.3) is 32.8 Å². The van der Waals surface area contributed by atoms with E-state index in [4.69, 9.17) is 30.5 Å². The maximum atomic E-state index is 13.6. The Morgan fingerprint density at radius 1 is 0.889 bits per heavy atom. The van der Waals surface area contributed by atoms with Crippen LogP contribution in [0.15, 0.2) is 102 Å². The molecule has 5 aromatic carbocycles. The number of methoxy groups -OCH3 is 1. The van der Waals surface area contributed by atoms with Crippen molar-refractivity contribution >= 4 is 51.4 Å². The molecule has 7 rings (SSSR count). The van der Waals surface area contributed by atoms with E-state index in [2.05, 4.69) is 15.5 Å². The lowest BCUT2D eigenvalue weighted by Gasteiger charge is -2.10. The van der Waals surface area contributed by atoms with Crippen LogP contribution in [0.4, 0.5) is 0 Å². The number of hydrogen-bond acceptors (Lipinski definition) is 7. The fraction of sp³-hybridized carbons (Fsp3) is 0.0571. The molecule has 0 fully saturated rings. The minimum absolute atomic E-state index is 0.104. The Morgan fingerprint density at radius 2 is 1.71 bits per heavy atom. The zero-order chi connectivity index (χ0) is 30.9. The van der Waals surface area contributed by atoms with E-state index >= 15 is 0 Å². The molecular weight excluding hydrogens is 594 g/mol. The number of hydrazone groups is 1. The van der Waals surface area contributed by atoms with Gasteiger partial charge in [0.2, 0.25) is 6.79 Å². The molecule has 222 valence electrons. The van der Waals surface area contributed by atoms with Crippen LogP contribution in [0.1, 0.15) is 26.4 Å². The molecule has 1 amide bonds. The highest BCUT2D eigenvalue weighted by atomic mass is 35.5. The molecule has 2 N–H and O–H groups in total. The summed E-state index contributed by atoms with van der Waals surface area (Å²) in [5, 5.41) is 7.60. The molecule has 1 aliphatic heterocycles. The van der Waals surface area contributed by atoms with Crippen LogP contribution >= 0.6 is 11.6 Å². The van der Waals surface area contributed by atoms with Crippen LogP contribution in [-0.2, 0) is 0 Å². The quantitative estimate of drug-likeness (QED) is 0.0838. The second-order valence-electron chi connectivity index (χ2n) is 10.1. The van der Waals surface area contributed by atoms with Crippen LogP contribution in [0.3, 0.4) is 0 Å². The van der Waals surface area contributed by atoms with Gasteiger partial charge in [-0.3, -0.25) is 4.79 Å². The van der Waals surface area contributed by atoms with Gasteiger partial charge in [0.05, 0.1) is 24.4 Å². The highest BCUT2D eigenvalue weighted by Gasteiger charge is 2.22.